The fourth-order valence-electron chi connectivity index (χ4n) is 1.74. The molecule has 0 saturated carbocycles. The Hall–Kier alpha value is -1.88. The number of carbonyl (C=O) groups excluding carboxylic acids is 1. The maximum Gasteiger partial charge on any atom is 0.335 e. The lowest BCUT2D eigenvalue weighted by Crippen LogP contribution is -2.29. The molecule has 0 radical (unpaired) electrons. The Bertz CT molecular complexity index is 445. The number of likely N-dealkylation sites (N-methyl/N-ethyl adjacent to an activating group) is 1. The molecule has 104 valence electrons. The number of hydrogen-bond donors (Lipinski definition) is 1. The van der Waals surface area contributed by atoms with Gasteiger partial charge in [0.25, 0.3) is 0 Å². The van der Waals surface area contributed by atoms with Gasteiger partial charge in [0.05, 0.1) is 18.6 Å². The van der Waals surface area contributed by atoms with Crippen molar-refractivity contribution in [2.75, 3.05) is 27.3 Å². The van der Waals surface area contributed by atoms with Gasteiger partial charge in [0.1, 0.15) is 0 Å². The lowest BCUT2D eigenvalue weighted by atomic mass is 10.0. The highest BCUT2D eigenvalue weighted by Crippen LogP contribution is 2.10. The first-order valence-corrected chi connectivity index (χ1v) is 6.10. The monoisotopic (exact) mass is 265 g/mol. The van der Waals surface area contributed by atoms with E-state index in [1.165, 1.54) is 0 Å². The molecule has 5 heteroatoms. The van der Waals surface area contributed by atoms with Crippen LogP contribution < -0.4 is 0 Å². The van der Waals surface area contributed by atoms with Gasteiger partial charge >= 0.3 is 5.97 Å². The predicted octanol–water partition coefficient (Wildman–Crippen LogP) is 1.42. The third-order valence-corrected chi connectivity index (χ3v) is 2.91. The van der Waals surface area contributed by atoms with Crippen LogP contribution in [0.2, 0.25) is 0 Å². The van der Waals surface area contributed by atoms with Crippen molar-refractivity contribution in [1.82, 2.24) is 4.90 Å². The molecule has 19 heavy (non-hydrogen) atoms. The molecule has 5 nitrogen and oxygen atoms in total. The van der Waals surface area contributed by atoms with Crippen LogP contribution in [0.3, 0.4) is 0 Å². The van der Waals surface area contributed by atoms with Crippen molar-refractivity contribution < 1.29 is 19.4 Å². The summed E-state index contributed by atoms with van der Waals surface area (Å²) in [4.78, 5) is 24.3. The van der Waals surface area contributed by atoms with Crippen molar-refractivity contribution in [3.05, 3.63) is 35.4 Å². The molecule has 1 aromatic carbocycles. The van der Waals surface area contributed by atoms with Crippen LogP contribution in [0.5, 0.6) is 0 Å². The van der Waals surface area contributed by atoms with E-state index in [1.54, 1.807) is 43.3 Å². The first kappa shape index (κ1) is 15.2. The molecule has 1 N–H and O–H groups in total. The van der Waals surface area contributed by atoms with Gasteiger partial charge in [-0.3, -0.25) is 4.79 Å². The average Bonchev–Trinajstić information content (AvgIpc) is 2.42. The van der Waals surface area contributed by atoms with E-state index >= 15 is 0 Å². The van der Waals surface area contributed by atoms with Gasteiger partial charge in [-0.15, -0.1) is 0 Å². The average molecular weight is 265 g/mol. The van der Waals surface area contributed by atoms with Crippen LogP contribution in [0, 0.1) is 0 Å². The number of hydrogen-bond acceptors (Lipinski definition) is 3. The fraction of sp³-hybridized carbons (Fsp3) is 0.429. The SMILES string of the molecule is COCCC(=O)N(C)CCc1ccccc1C(=O)O. The normalized spacial score (nSPS) is 10.2. The van der Waals surface area contributed by atoms with Crippen LogP contribution in [0.4, 0.5) is 0 Å². The molecule has 0 aliphatic heterocycles. The third-order valence-electron chi connectivity index (χ3n) is 2.91. The number of benzene rings is 1. The number of carbonyl (C=O) groups is 2. The smallest absolute Gasteiger partial charge is 0.335 e. The minimum Gasteiger partial charge on any atom is -0.478 e. The zero-order chi connectivity index (χ0) is 14.3. The highest BCUT2D eigenvalue weighted by molar-refractivity contribution is 5.89. The van der Waals surface area contributed by atoms with E-state index in [-0.39, 0.29) is 5.91 Å². The molecule has 0 heterocycles. The predicted molar refractivity (Wildman–Crippen MR) is 71.2 cm³/mol. The Morgan fingerprint density at radius 2 is 2.00 bits per heavy atom. The summed E-state index contributed by atoms with van der Waals surface area (Å²) in [5.41, 5.74) is 1.03. The second-order valence-corrected chi connectivity index (χ2v) is 4.27. The van der Waals surface area contributed by atoms with Crippen LogP contribution >= 0.6 is 0 Å². The van der Waals surface area contributed by atoms with Gasteiger partial charge in [-0.1, -0.05) is 18.2 Å². The summed E-state index contributed by atoms with van der Waals surface area (Å²) in [5, 5.41) is 9.06. The molecule has 0 atom stereocenters. The second-order valence-electron chi connectivity index (χ2n) is 4.27. The summed E-state index contributed by atoms with van der Waals surface area (Å²) in [7, 11) is 3.26. The third kappa shape index (κ3) is 4.71. The molecule has 0 unspecified atom stereocenters. The van der Waals surface area contributed by atoms with E-state index in [0.29, 0.717) is 31.6 Å². The molecular formula is C14H19NO4. The number of carboxylic acids is 1. The van der Waals surface area contributed by atoms with Crippen molar-refractivity contribution in [3.63, 3.8) is 0 Å². The number of rotatable bonds is 7. The molecular weight excluding hydrogens is 246 g/mol. The van der Waals surface area contributed by atoms with E-state index < -0.39 is 5.97 Å². The van der Waals surface area contributed by atoms with E-state index in [9.17, 15) is 9.59 Å². The quantitative estimate of drug-likeness (QED) is 0.809. The number of methoxy groups -OCH3 is 1. The van der Waals surface area contributed by atoms with Crippen molar-refractivity contribution in [2.45, 2.75) is 12.8 Å². The van der Waals surface area contributed by atoms with Crippen molar-refractivity contribution in [1.29, 1.82) is 0 Å². The van der Waals surface area contributed by atoms with Gasteiger partial charge in [-0.25, -0.2) is 4.79 Å². The molecule has 0 aliphatic rings. The van der Waals surface area contributed by atoms with E-state index in [1.807, 2.05) is 0 Å². The molecule has 0 saturated heterocycles. The highest BCUT2D eigenvalue weighted by atomic mass is 16.5. The fourth-order valence-corrected chi connectivity index (χ4v) is 1.74. The van der Waals surface area contributed by atoms with Gasteiger partial charge in [0.15, 0.2) is 0 Å². The van der Waals surface area contributed by atoms with Gasteiger partial charge in [0, 0.05) is 20.7 Å². The van der Waals surface area contributed by atoms with Crippen molar-refractivity contribution >= 4 is 11.9 Å². The van der Waals surface area contributed by atoms with Crippen LogP contribution in [0.25, 0.3) is 0 Å². The highest BCUT2D eigenvalue weighted by Gasteiger charge is 2.12. The maximum absolute atomic E-state index is 11.7. The Balaban J connectivity index is 2.57. The van der Waals surface area contributed by atoms with Crippen molar-refractivity contribution in [3.8, 4) is 0 Å². The minimum absolute atomic E-state index is 0.00495. The summed E-state index contributed by atoms with van der Waals surface area (Å²) >= 11 is 0. The largest absolute Gasteiger partial charge is 0.478 e. The standard InChI is InChI=1S/C14H19NO4/c1-15(13(16)8-10-19-2)9-7-11-5-3-4-6-12(11)14(17)18/h3-6H,7-10H2,1-2H3,(H,17,18). The molecule has 1 aromatic rings. The van der Waals surface area contributed by atoms with E-state index in [4.69, 9.17) is 9.84 Å². The number of aromatic carboxylic acids is 1. The Morgan fingerprint density at radius 1 is 1.32 bits per heavy atom. The number of nitrogens with zero attached hydrogens (tertiary/aromatic N) is 1. The Morgan fingerprint density at radius 3 is 2.63 bits per heavy atom. The lowest BCUT2D eigenvalue weighted by Gasteiger charge is -2.17. The van der Waals surface area contributed by atoms with Crippen molar-refractivity contribution in [2.24, 2.45) is 0 Å². The van der Waals surface area contributed by atoms with Crippen LogP contribution in [0.1, 0.15) is 22.3 Å². The molecule has 0 spiro atoms. The lowest BCUT2D eigenvalue weighted by molar-refractivity contribution is -0.130. The molecule has 0 bridgehead atoms. The van der Waals surface area contributed by atoms with E-state index in [2.05, 4.69) is 0 Å². The maximum atomic E-state index is 11.7. The summed E-state index contributed by atoms with van der Waals surface area (Å²) in [6.07, 6.45) is 0.866. The summed E-state index contributed by atoms with van der Waals surface area (Å²) in [6, 6.07) is 6.84. The van der Waals surface area contributed by atoms with Gasteiger partial charge < -0.3 is 14.7 Å². The summed E-state index contributed by atoms with van der Waals surface area (Å²) in [5.74, 6) is -0.946. The first-order chi connectivity index (χ1) is 9.06. The molecule has 1 rings (SSSR count). The summed E-state index contributed by atoms with van der Waals surface area (Å²) < 4.78 is 4.85. The molecule has 1 amide bonds. The topological polar surface area (TPSA) is 66.8 Å². The van der Waals surface area contributed by atoms with Gasteiger partial charge in [-0.2, -0.15) is 0 Å². The second kappa shape index (κ2) is 7.53. The zero-order valence-corrected chi connectivity index (χ0v) is 11.3. The Labute approximate surface area is 112 Å². The number of carboxylic acid groups (broad SMARTS) is 1. The molecule has 0 aromatic heterocycles. The summed E-state index contributed by atoms with van der Waals surface area (Å²) in [6.45, 7) is 0.891. The van der Waals surface area contributed by atoms with Gasteiger partial charge in [-0.05, 0) is 18.1 Å². The molecule has 0 fully saturated rings. The first-order valence-electron chi connectivity index (χ1n) is 6.10. The Kier molecular flexibility index (Phi) is 6.02. The number of ether oxygens (including phenoxy) is 1. The minimum atomic E-state index is -0.941. The van der Waals surface area contributed by atoms with Gasteiger partial charge in [0.2, 0.25) is 5.91 Å². The van der Waals surface area contributed by atoms with Crippen LogP contribution in [-0.2, 0) is 16.0 Å². The zero-order valence-electron chi connectivity index (χ0n) is 11.3. The van der Waals surface area contributed by atoms with E-state index in [0.717, 1.165) is 5.56 Å². The van der Waals surface area contributed by atoms with Crippen LogP contribution in [0.15, 0.2) is 24.3 Å². The molecule has 0 aliphatic carbocycles. The number of amides is 1. The van der Waals surface area contributed by atoms with Crippen LogP contribution in [-0.4, -0.2) is 49.2 Å².